The number of nitrogens with one attached hydrogen (secondary N) is 1. The predicted molar refractivity (Wildman–Crippen MR) is 185 cm³/mol. The number of ether oxygens (including phenoxy) is 14. The molecular formula is C30H53F10NO18S2. The highest BCUT2D eigenvalue weighted by molar-refractivity contribution is 8.05. The summed E-state index contributed by atoms with van der Waals surface area (Å²) in [6, 6.07) is 0. The van der Waals surface area contributed by atoms with Gasteiger partial charge in [-0.15, -0.1) is 0 Å². The van der Waals surface area contributed by atoms with Gasteiger partial charge >= 0.3 is 33.0 Å². The fraction of sp³-hybridized carbons (Fsp3) is 1.00. The molecule has 1 atom stereocenters. The van der Waals surface area contributed by atoms with Gasteiger partial charge in [-0.05, 0) is 0 Å². The Morgan fingerprint density at radius 1 is 0.410 bits per heavy atom. The van der Waals surface area contributed by atoms with Gasteiger partial charge in [0.1, 0.15) is 0 Å². The highest BCUT2D eigenvalue weighted by Crippen LogP contribution is 2.43. The van der Waals surface area contributed by atoms with Crippen molar-refractivity contribution >= 4 is 20.0 Å². The maximum Gasteiger partial charge on any atom is 0.512 e. The van der Waals surface area contributed by atoms with Crippen molar-refractivity contribution in [1.29, 1.82) is 0 Å². The molecule has 19 nitrogen and oxygen atoms in total. The molecular weight excluding hydrogens is 916 g/mol. The van der Waals surface area contributed by atoms with Crippen LogP contribution in [0.5, 0.6) is 0 Å². The minimum absolute atomic E-state index is 0.0628. The fourth-order valence-corrected chi connectivity index (χ4v) is 5.73. The van der Waals surface area contributed by atoms with E-state index in [-0.39, 0.29) is 39.6 Å². The molecule has 0 spiro atoms. The lowest BCUT2D eigenvalue weighted by Gasteiger charge is -2.29. The van der Waals surface area contributed by atoms with Crippen LogP contribution in [0, 0.1) is 0 Å². The van der Waals surface area contributed by atoms with E-state index >= 15 is 0 Å². The summed E-state index contributed by atoms with van der Waals surface area (Å²) in [6.07, 6.45) is -17.2. The summed E-state index contributed by atoms with van der Waals surface area (Å²) >= 11 is 0. The Kier molecular flexibility index (Phi) is 32.4. The Hall–Kier alpha value is -1.40. The summed E-state index contributed by atoms with van der Waals surface area (Å²) < 4.78 is 245. The van der Waals surface area contributed by atoms with Gasteiger partial charge in [0, 0.05) is 7.11 Å². The summed E-state index contributed by atoms with van der Waals surface area (Å²) in [5, 5.41) is -7.03. The van der Waals surface area contributed by atoms with Crippen molar-refractivity contribution in [3.8, 4) is 0 Å². The van der Waals surface area contributed by atoms with Crippen LogP contribution >= 0.6 is 0 Å². The first-order valence-corrected chi connectivity index (χ1v) is 20.9. The van der Waals surface area contributed by atoms with Gasteiger partial charge in [-0.1, -0.05) is 4.13 Å². The standard InChI is InChI=1S/C30H53F10NO18S2/c1-46-2-3-47-4-5-48-6-7-49-8-9-50-10-11-51-12-13-52-14-15-53-16-17-54-18-19-55-20-21-56-22-23-57-24-25-58-27(32,33)26(31)59-28(34,35)29(36,37)60(42,43)41-61(44,45)30(38,39)40/h26,41H,2-25H2,1H3. The Balaban J connectivity index is 3.67. The third-order valence-corrected chi connectivity index (χ3v) is 9.67. The molecule has 0 aromatic heterocycles. The molecule has 0 radical (unpaired) electrons. The first-order chi connectivity index (χ1) is 28.6. The molecule has 0 fully saturated rings. The quantitative estimate of drug-likeness (QED) is 0.0681. The average Bonchev–Trinajstić information content (AvgIpc) is 3.16. The van der Waals surface area contributed by atoms with E-state index in [1.165, 1.54) is 0 Å². The van der Waals surface area contributed by atoms with E-state index in [1.54, 1.807) is 7.11 Å². The molecule has 61 heavy (non-hydrogen) atoms. The Labute approximate surface area is 346 Å². The normalized spacial score (nSPS) is 14.0. The van der Waals surface area contributed by atoms with Crippen LogP contribution in [-0.4, -0.2) is 212 Å². The smallest absolute Gasteiger partial charge is 0.382 e. The number of sulfonamides is 2. The van der Waals surface area contributed by atoms with E-state index in [2.05, 4.69) is 9.47 Å². The van der Waals surface area contributed by atoms with Gasteiger partial charge in [-0.3, -0.25) is 4.74 Å². The van der Waals surface area contributed by atoms with Crippen LogP contribution in [-0.2, 0) is 86.4 Å². The molecule has 0 aliphatic heterocycles. The third-order valence-electron chi connectivity index (χ3n) is 6.39. The maximum absolute atomic E-state index is 13.7. The zero-order valence-corrected chi connectivity index (χ0v) is 34.6. The van der Waals surface area contributed by atoms with Crippen molar-refractivity contribution < 1.29 is 127 Å². The summed E-state index contributed by atoms with van der Waals surface area (Å²) in [4.78, 5) is 0. The summed E-state index contributed by atoms with van der Waals surface area (Å²) in [6.45, 7) is 5.06. The number of alkyl halides is 10. The Morgan fingerprint density at radius 3 is 0.902 bits per heavy atom. The topological polar surface area (TPSA) is 210 Å². The van der Waals surface area contributed by atoms with E-state index in [1.807, 2.05) is 0 Å². The first kappa shape index (κ1) is 59.6. The first-order valence-electron chi connectivity index (χ1n) is 17.9. The van der Waals surface area contributed by atoms with Crippen LogP contribution in [0.3, 0.4) is 0 Å². The molecule has 1 unspecified atom stereocenters. The molecule has 0 aliphatic rings. The second kappa shape index (κ2) is 33.1. The fourth-order valence-electron chi connectivity index (χ4n) is 3.41. The highest BCUT2D eigenvalue weighted by atomic mass is 32.3. The van der Waals surface area contributed by atoms with Crippen molar-refractivity contribution in [3.05, 3.63) is 0 Å². The zero-order chi connectivity index (χ0) is 46.2. The number of hydrogen-bond acceptors (Lipinski definition) is 18. The number of rotatable bonds is 44. The van der Waals surface area contributed by atoms with E-state index in [0.29, 0.717) is 106 Å². The van der Waals surface area contributed by atoms with Gasteiger partial charge in [0.15, 0.2) is 0 Å². The molecule has 0 aromatic carbocycles. The molecule has 0 saturated heterocycles. The van der Waals surface area contributed by atoms with Crippen molar-refractivity contribution in [3.63, 3.8) is 0 Å². The molecule has 0 aliphatic carbocycles. The van der Waals surface area contributed by atoms with Crippen LogP contribution in [0.2, 0.25) is 0 Å². The molecule has 368 valence electrons. The van der Waals surface area contributed by atoms with E-state index in [4.69, 9.17) is 56.8 Å². The minimum Gasteiger partial charge on any atom is -0.382 e. The van der Waals surface area contributed by atoms with E-state index in [9.17, 15) is 60.7 Å². The van der Waals surface area contributed by atoms with Gasteiger partial charge in [0.25, 0.3) is 16.4 Å². The van der Waals surface area contributed by atoms with E-state index in [0.717, 1.165) is 0 Å². The molecule has 0 bridgehead atoms. The van der Waals surface area contributed by atoms with Crippen molar-refractivity contribution in [1.82, 2.24) is 4.13 Å². The van der Waals surface area contributed by atoms with E-state index < -0.39 is 66.7 Å². The lowest BCUT2D eigenvalue weighted by Crippen LogP contribution is -2.57. The van der Waals surface area contributed by atoms with Crippen LogP contribution in [0.15, 0.2) is 0 Å². The number of hydrogen-bond donors (Lipinski definition) is 1. The van der Waals surface area contributed by atoms with Crippen LogP contribution in [0.1, 0.15) is 0 Å². The molecule has 0 amide bonds. The summed E-state index contributed by atoms with van der Waals surface area (Å²) in [5.41, 5.74) is -6.59. The second-order valence-corrected chi connectivity index (χ2v) is 14.8. The lowest BCUT2D eigenvalue weighted by atomic mass is 10.5. The van der Waals surface area contributed by atoms with Crippen LogP contribution in [0.4, 0.5) is 43.9 Å². The maximum atomic E-state index is 13.7. The predicted octanol–water partition coefficient (Wildman–Crippen LogP) is 1.69. The van der Waals surface area contributed by atoms with Gasteiger partial charge in [0.2, 0.25) is 0 Å². The molecule has 0 aromatic rings. The Morgan fingerprint density at radius 2 is 0.656 bits per heavy atom. The number of halogens is 10. The van der Waals surface area contributed by atoms with Gasteiger partial charge in [0.05, 0.1) is 159 Å². The van der Waals surface area contributed by atoms with Gasteiger partial charge in [-0.25, -0.2) is 21.2 Å². The molecule has 0 heterocycles. The largest absolute Gasteiger partial charge is 0.512 e. The highest BCUT2D eigenvalue weighted by Gasteiger charge is 2.71. The summed E-state index contributed by atoms with van der Waals surface area (Å²) in [7, 11) is -13.2. The second-order valence-electron chi connectivity index (χ2n) is 11.1. The Bertz CT molecular complexity index is 1300. The molecule has 31 heteroatoms. The van der Waals surface area contributed by atoms with Crippen LogP contribution < -0.4 is 4.13 Å². The molecule has 0 saturated carbocycles. The summed E-state index contributed by atoms with van der Waals surface area (Å²) in [5.74, 6) is 0. The zero-order valence-electron chi connectivity index (χ0n) is 33.0. The third kappa shape index (κ3) is 28.2. The molecule has 1 N–H and O–H groups in total. The van der Waals surface area contributed by atoms with Crippen molar-refractivity contribution in [2.24, 2.45) is 0 Å². The molecule has 0 rings (SSSR count). The average molecular weight is 970 g/mol. The monoisotopic (exact) mass is 969 g/mol. The number of methoxy groups -OCH3 is 1. The van der Waals surface area contributed by atoms with Crippen LogP contribution in [0.25, 0.3) is 0 Å². The SMILES string of the molecule is COCCOCCOCCOCCOCCOCCOCCOCCOCCOCCOCCOCCOC(F)(F)C(F)OC(F)(F)C(F)(F)S(=O)(=O)NS(=O)(=O)C(F)(F)F. The van der Waals surface area contributed by atoms with Gasteiger partial charge in [-0.2, -0.15) is 39.5 Å². The lowest BCUT2D eigenvalue weighted by molar-refractivity contribution is -0.415. The minimum atomic E-state index is -7.59. The van der Waals surface area contributed by atoms with Gasteiger partial charge < -0.3 is 61.6 Å². The van der Waals surface area contributed by atoms with Crippen molar-refractivity contribution in [2.45, 2.75) is 29.3 Å². The van der Waals surface area contributed by atoms with Crippen molar-refractivity contribution in [2.75, 3.05) is 166 Å².